The van der Waals surface area contributed by atoms with E-state index >= 15 is 0 Å². The van der Waals surface area contributed by atoms with Crippen molar-refractivity contribution in [3.05, 3.63) is 12.2 Å². The smallest absolute Gasteiger partial charge is 0.307 e. The quantitative estimate of drug-likeness (QED) is 0.0189. The number of carbonyl (C=O) groups is 4. The fraction of sp³-hybridized carbons (Fsp3) is 0.898. The molecular formula is C59H113N3O8S6. The highest BCUT2D eigenvalue weighted by Crippen LogP contribution is 2.25. The van der Waals surface area contributed by atoms with Gasteiger partial charge in [-0.25, -0.2) is 0 Å². The molecule has 0 heterocycles. The third kappa shape index (κ3) is 58.3. The van der Waals surface area contributed by atoms with E-state index in [1.54, 1.807) is 32.4 Å². The summed E-state index contributed by atoms with van der Waals surface area (Å²) in [7, 11) is 13.1. The molecule has 0 saturated heterocycles. The van der Waals surface area contributed by atoms with Gasteiger partial charge in [0, 0.05) is 60.6 Å². The molecule has 0 N–H and O–H groups in total. The zero-order valence-corrected chi connectivity index (χ0v) is 54.1. The molecule has 17 heteroatoms. The van der Waals surface area contributed by atoms with Crippen molar-refractivity contribution in [1.29, 1.82) is 0 Å². The Labute approximate surface area is 491 Å². The molecule has 0 atom stereocenters. The Morgan fingerprint density at radius 3 is 1.08 bits per heavy atom. The highest BCUT2D eigenvalue weighted by Gasteiger charge is 2.15. The third-order valence-corrected chi connectivity index (χ3v) is 20.2. The van der Waals surface area contributed by atoms with Gasteiger partial charge in [0.1, 0.15) is 26.4 Å². The van der Waals surface area contributed by atoms with Gasteiger partial charge < -0.3 is 33.6 Å². The van der Waals surface area contributed by atoms with E-state index in [1.807, 2.05) is 38.5 Å². The van der Waals surface area contributed by atoms with Crippen molar-refractivity contribution in [3.63, 3.8) is 0 Å². The van der Waals surface area contributed by atoms with E-state index in [0.29, 0.717) is 71.9 Å². The summed E-state index contributed by atoms with van der Waals surface area (Å²) in [5.41, 5.74) is 0. The van der Waals surface area contributed by atoms with Crippen LogP contribution in [0.1, 0.15) is 220 Å². The summed E-state index contributed by atoms with van der Waals surface area (Å²) in [6.07, 6.45) is 37.1. The van der Waals surface area contributed by atoms with E-state index in [-0.39, 0.29) is 36.7 Å². The molecule has 448 valence electrons. The number of hydrogen-bond donors (Lipinski definition) is 0. The number of rotatable bonds is 61. The summed E-state index contributed by atoms with van der Waals surface area (Å²) in [5.74, 6) is 5.08. The van der Waals surface area contributed by atoms with Crippen LogP contribution in [0.25, 0.3) is 0 Å². The topological polar surface area (TPSA) is 115 Å². The van der Waals surface area contributed by atoms with Gasteiger partial charge in [0.25, 0.3) is 0 Å². The van der Waals surface area contributed by atoms with Crippen molar-refractivity contribution in [3.8, 4) is 0 Å². The summed E-state index contributed by atoms with van der Waals surface area (Å²) in [4.78, 5) is 57.8. The van der Waals surface area contributed by atoms with Crippen molar-refractivity contribution >= 4 is 88.6 Å². The summed E-state index contributed by atoms with van der Waals surface area (Å²) in [6, 6.07) is 0. The zero-order chi connectivity index (χ0) is 55.5. The van der Waals surface area contributed by atoms with Gasteiger partial charge in [-0.05, 0) is 91.1 Å². The predicted molar refractivity (Wildman–Crippen MR) is 339 cm³/mol. The average Bonchev–Trinajstić information content (AvgIpc) is 3.41. The highest BCUT2D eigenvalue weighted by atomic mass is 33.1. The fourth-order valence-electron chi connectivity index (χ4n) is 8.16. The van der Waals surface area contributed by atoms with Crippen molar-refractivity contribution < 1.29 is 38.1 Å². The molecule has 0 bridgehead atoms. The maximum Gasteiger partial charge on any atom is 0.307 e. The van der Waals surface area contributed by atoms with Crippen LogP contribution >= 0.6 is 64.8 Å². The second-order valence-corrected chi connectivity index (χ2v) is 28.1. The maximum absolute atomic E-state index is 12.8. The van der Waals surface area contributed by atoms with Gasteiger partial charge in [-0.1, -0.05) is 220 Å². The first-order valence-corrected chi connectivity index (χ1v) is 37.9. The Balaban J connectivity index is 5.03. The van der Waals surface area contributed by atoms with Gasteiger partial charge in [-0.3, -0.25) is 19.2 Å². The Hall–Kier alpha value is -0.400. The van der Waals surface area contributed by atoms with Gasteiger partial charge in [0.15, 0.2) is 0 Å². The predicted octanol–water partition coefficient (Wildman–Crippen LogP) is 16.2. The summed E-state index contributed by atoms with van der Waals surface area (Å²) in [6.45, 7) is 16.2. The molecule has 0 rings (SSSR count). The molecule has 0 aromatic rings. The summed E-state index contributed by atoms with van der Waals surface area (Å²) >= 11 is 0. The van der Waals surface area contributed by atoms with Gasteiger partial charge in [-0.15, -0.1) is 0 Å². The van der Waals surface area contributed by atoms with Crippen LogP contribution in [0.4, 0.5) is 0 Å². The Kier molecular flexibility index (Phi) is 61.9. The molecule has 0 aliphatic rings. The number of allylic oxidation sites excluding steroid dienone is 1. The van der Waals surface area contributed by atoms with Crippen LogP contribution in [-0.4, -0.2) is 159 Å². The molecule has 0 saturated carbocycles. The van der Waals surface area contributed by atoms with E-state index in [0.717, 1.165) is 86.4 Å². The molecule has 76 heavy (non-hydrogen) atoms. The summed E-state index contributed by atoms with van der Waals surface area (Å²) in [5, 5.41) is 0. The first-order valence-electron chi connectivity index (χ1n) is 30.4. The molecule has 0 unspecified atom stereocenters. The van der Waals surface area contributed by atoms with Crippen LogP contribution in [0.15, 0.2) is 12.2 Å². The van der Waals surface area contributed by atoms with Gasteiger partial charge in [-0.2, -0.15) is 0 Å². The fourth-order valence-corrected chi connectivity index (χ4v) is 14.1. The molecule has 0 radical (unpaired) electrons. The lowest BCUT2D eigenvalue weighted by atomic mass is 10.1. The monoisotopic (exact) mass is 1180 g/mol. The van der Waals surface area contributed by atoms with E-state index in [2.05, 4.69) is 55.5 Å². The minimum atomic E-state index is -0.222. The van der Waals surface area contributed by atoms with Crippen molar-refractivity contribution in [2.45, 2.75) is 220 Å². The van der Waals surface area contributed by atoms with Crippen LogP contribution < -0.4 is 0 Å². The average molecular weight is 1180 g/mol. The molecule has 0 aromatic heterocycles. The second-order valence-electron chi connectivity index (χ2n) is 19.9. The Morgan fingerprint density at radius 1 is 0.329 bits per heavy atom. The van der Waals surface area contributed by atoms with Crippen LogP contribution in [-0.2, 0) is 38.1 Å². The molecule has 0 aliphatic carbocycles. The van der Waals surface area contributed by atoms with E-state index in [9.17, 15) is 19.2 Å². The lowest BCUT2D eigenvalue weighted by molar-refractivity contribution is -0.144. The molecule has 0 fully saturated rings. The highest BCUT2D eigenvalue weighted by molar-refractivity contribution is 8.77. The minimum absolute atomic E-state index is 0.154. The first kappa shape index (κ1) is 75.6. The van der Waals surface area contributed by atoms with E-state index < -0.39 is 0 Å². The zero-order valence-electron chi connectivity index (χ0n) is 49.2. The van der Waals surface area contributed by atoms with Gasteiger partial charge in [0.2, 0.25) is 0 Å². The summed E-state index contributed by atoms with van der Waals surface area (Å²) < 4.78 is 22.3. The Bertz CT molecular complexity index is 1330. The number of ether oxygens (including phenoxy) is 4. The van der Waals surface area contributed by atoms with Crippen molar-refractivity contribution in [2.75, 3.05) is 120 Å². The van der Waals surface area contributed by atoms with Gasteiger partial charge >= 0.3 is 23.9 Å². The third-order valence-electron chi connectivity index (χ3n) is 12.8. The SMILES string of the molecule is CCCCCC/C=C\COC(=O)CCN(CCCN(C)CCCN(CCCC(=O)OCCSSCCCCCCCC)CCC(=O)OCCSSCCCCCCCC)CCC(=O)OCCSSCCCCCCCC. The largest absolute Gasteiger partial charge is 0.465 e. The van der Waals surface area contributed by atoms with Crippen LogP contribution in [0.5, 0.6) is 0 Å². The minimum Gasteiger partial charge on any atom is -0.465 e. The number of unbranched alkanes of at least 4 members (excludes halogenated alkanes) is 19. The number of nitrogens with zero attached hydrogens (tertiary/aromatic N) is 3. The van der Waals surface area contributed by atoms with E-state index in [4.69, 9.17) is 18.9 Å². The normalized spacial score (nSPS) is 11.7. The Morgan fingerprint density at radius 2 is 0.658 bits per heavy atom. The second kappa shape index (κ2) is 62.2. The first-order chi connectivity index (χ1) is 37.2. The molecule has 0 aromatic carbocycles. The van der Waals surface area contributed by atoms with Crippen LogP contribution in [0.2, 0.25) is 0 Å². The van der Waals surface area contributed by atoms with E-state index in [1.165, 1.54) is 135 Å². The number of hydrogen-bond acceptors (Lipinski definition) is 17. The molecule has 11 nitrogen and oxygen atoms in total. The van der Waals surface area contributed by atoms with Crippen molar-refractivity contribution in [1.82, 2.24) is 14.7 Å². The lowest BCUT2D eigenvalue weighted by Crippen LogP contribution is -2.34. The molecule has 0 amide bonds. The molecule has 0 aliphatic heterocycles. The standard InChI is InChI=1S/C59H113N3O8S6/c1-6-10-14-18-22-23-27-46-67-57(64)36-44-62(45-37-59(66)70-49-55-76-73-52-30-26-21-17-13-9-4)42-33-39-60(5)38-32-41-61(43-35-58(65)69-48-54-75-72-51-29-25-20-16-12-8-3)40-31-34-56(63)68-47-53-74-71-50-28-24-19-15-11-7-2/h23,27H,6-22,24-26,28-55H2,1-5H3/b27-23-. The van der Waals surface area contributed by atoms with Crippen LogP contribution in [0.3, 0.4) is 0 Å². The van der Waals surface area contributed by atoms with Gasteiger partial charge in [0.05, 0.1) is 19.3 Å². The maximum atomic E-state index is 12.8. The van der Waals surface area contributed by atoms with Crippen molar-refractivity contribution in [2.24, 2.45) is 0 Å². The van der Waals surface area contributed by atoms with Crippen LogP contribution in [0, 0.1) is 0 Å². The molecule has 0 spiro atoms. The number of carbonyl (C=O) groups excluding carboxylic acids is 4. The molecular weight excluding hydrogens is 1070 g/mol. The lowest BCUT2D eigenvalue weighted by Gasteiger charge is -2.25. The number of esters is 4.